The molecule has 165 valence electrons. The molecule has 7 nitrogen and oxygen atoms in total. The number of primary amides is 1. The molecule has 0 heterocycles. The zero-order valence-corrected chi connectivity index (χ0v) is 17.5. The van der Waals surface area contributed by atoms with E-state index in [0.717, 1.165) is 18.4 Å². The van der Waals surface area contributed by atoms with Crippen LogP contribution in [0.15, 0.2) is 54.6 Å². The van der Waals surface area contributed by atoms with E-state index >= 15 is 0 Å². The molecular weight excluding hydrogens is 396 g/mol. The van der Waals surface area contributed by atoms with Crippen LogP contribution in [0, 0.1) is 5.41 Å². The highest BCUT2D eigenvalue weighted by molar-refractivity contribution is 5.78. The number of carboxylic acid groups (broad SMARTS) is 1. The maximum atomic E-state index is 10.8. The fraction of sp³-hybridized carbons (Fsp3) is 0.375. The predicted octanol–water partition coefficient (Wildman–Crippen LogP) is 3.27. The van der Waals surface area contributed by atoms with E-state index in [1.54, 1.807) is 0 Å². The molecule has 0 unspecified atom stereocenters. The molecule has 0 atom stereocenters. The Bertz CT molecular complexity index is 861. The lowest BCUT2D eigenvalue weighted by Gasteiger charge is -2.05. The van der Waals surface area contributed by atoms with Gasteiger partial charge in [-0.25, -0.2) is 14.7 Å². The third-order valence-electron chi connectivity index (χ3n) is 5.29. The summed E-state index contributed by atoms with van der Waals surface area (Å²) in [5, 5.41) is 20.5. The van der Waals surface area contributed by atoms with Crippen molar-refractivity contribution in [2.75, 3.05) is 6.54 Å². The van der Waals surface area contributed by atoms with Gasteiger partial charge >= 0.3 is 12.1 Å². The van der Waals surface area contributed by atoms with E-state index in [4.69, 9.17) is 10.8 Å². The number of carbonyl (C=O) groups excluding carboxylic acids is 2. The Balaban J connectivity index is 0.000000262. The number of nitrogens with two attached hydrogens (primary N) is 1. The Morgan fingerprint density at radius 2 is 1.39 bits per heavy atom. The van der Waals surface area contributed by atoms with Gasteiger partial charge in [0.25, 0.3) is 0 Å². The van der Waals surface area contributed by atoms with Crippen molar-refractivity contribution >= 4 is 18.0 Å². The normalized spacial score (nSPS) is 13.4. The maximum Gasteiger partial charge on any atom is 0.404 e. The molecule has 7 heteroatoms. The first-order chi connectivity index (χ1) is 14.8. The minimum atomic E-state index is -1.20. The third-order valence-corrected chi connectivity index (χ3v) is 5.29. The summed E-state index contributed by atoms with van der Waals surface area (Å²) in [6, 6.07) is 18.8. The van der Waals surface area contributed by atoms with E-state index in [1.807, 2.05) is 17.4 Å². The monoisotopic (exact) mass is 425 g/mol. The molecule has 2 aromatic carbocycles. The van der Waals surface area contributed by atoms with Crippen LogP contribution in [0.2, 0.25) is 0 Å². The quantitative estimate of drug-likeness (QED) is 0.504. The molecule has 0 spiro atoms. The van der Waals surface area contributed by atoms with Gasteiger partial charge < -0.3 is 16.2 Å². The highest BCUT2D eigenvalue weighted by atomic mass is 16.4. The van der Waals surface area contributed by atoms with Crippen LogP contribution in [0.25, 0.3) is 0 Å². The van der Waals surface area contributed by atoms with Gasteiger partial charge in [-0.3, -0.25) is 4.79 Å². The van der Waals surface area contributed by atoms with E-state index in [9.17, 15) is 19.5 Å². The van der Waals surface area contributed by atoms with Crippen molar-refractivity contribution < 1.29 is 24.6 Å². The van der Waals surface area contributed by atoms with Gasteiger partial charge in [-0.05, 0) is 55.2 Å². The number of benzene rings is 2. The van der Waals surface area contributed by atoms with Crippen LogP contribution in [-0.4, -0.2) is 29.6 Å². The van der Waals surface area contributed by atoms with Crippen molar-refractivity contribution in [3.05, 3.63) is 71.3 Å². The van der Waals surface area contributed by atoms with Crippen molar-refractivity contribution in [2.24, 2.45) is 11.1 Å². The number of amides is 2. The molecule has 1 aliphatic rings. The highest BCUT2D eigenvalue weighted by Crippen LogP contribution is 2.45. The van der Waals surface area contributed by atoms with E-state index in [-0.39, 0.29) is 12.5 Å². The van der Waals surface area contributed by atoms with Crippen LogP contribution in [0.4, 0.5) is 4.79 Å². The van der Waals surface area contributed by atoms with Crippen LogP contribution >= 0.6 is 0 Å². The Morgan fingerprint density at radius 3 is 1.84 bits per heavy atom. The molecule has 4 N–H and O–H groups in total. The lowest BCUT2D eigenvalue weighted by molar-refractivity contribution is -0.149. The predicted molar refractivity (Wildman–Crippen MR) is 116 cm³/mol. The Kier molecular flexibility index (Phi) is 9.06. The van der Waals surface area contributed by atoms with Gasteiger partial charge in [0, 0.05) is 6.54 Å². The number of hydrogen-bond acceptors (Lipinski definition) is 3. The largest absolute Gasteiger partial charge is 0.465 e. The second kappa shape index (κ2) is 11.7. The Morgan fingerprint density at radius 1 is 0.871 bits per heavy atom. The van der Waals surface area contributed by atoms with Gasteiger partial charge in [0.2, 0.25) is 5.91 Å². The Hall–Kier alpha value is -3.35. The van der Waals surface area contributed by atoms with E-state index < -0.39 is 17.5 Å². The fourth-order valence-electron chi connectivity index (χ4n) is 3.18. The van der Waals surface area contributed by atoms with Gasteiger partial charge in [-0.2, -0.15) is 0 Å². The van der Waals surface area contributed by atoms with Crippen molar-refractivity contribution in [3.63, 3.8) is 0 Å². The number of rotatable bonds is 10. The molecule has 1 radical (unpaired) electrons. The molecule has 0 saturated heterocycles. The maximum absolute atomic E-state index is 10.8. The number of unbranched alkanes of at least 4 members (excludes halogenated alkanes) is 1. The molecule has 1 aliphatic carbocycles. The summed E-state index contributed by atoms with van der Waals surface area (Å²) in [6.07, 6.45) is 4.76. The van der Waals surface area contributed by atoms with Crippen LogP contribution < -0.4 is 11.1 Å². The molecule has 2 aromatic rings. The van der Waals surface area contributed by atoms with E-state index in [2.05, 4.69) is 42.5 Å². The van der Waals surface area contributed by atoms with Gasteiger partial charge in [0.15, 0.2) is 0 Å². The lowest BCUT2D eigenvalue weighted by atomic mass is 10.0. The van der Waals surface area contributed by atoms with Crippen molar-refractivity contribution in [1.29, 1.82) is 0 Å². The molecule has 1 saturated carbocycles. The number of hydrogen-bond donors (Lipinski definition) is 3. The zero-order chi connectivity index (χ0) is 22.7. The van der Waals surface area contributed by atoms with Crippen LogP contribution in [0.5, 0.6) is 0 Å². The standard InChI is InChI=1S/C18H21NO.C6H8NO4/c19-18(20)14-17-12-10-16(11-13-17)9-5-4-8-15-6-2-1-3-7-15;8-4(9)6(1-2-6)3-7-5(10)11/h1-3,6-7,10-13H,4-5,8-9,14H2,(H2,19,20);7H,1-3H2,(H,10,11). The summed E-state index contributed by atoms with van der Waals surface area (Å²) >= 11 is 0. The average Bonchev–Trinajstić information content (AvgIpc) is 3.53. The van der Waals surface area contributed by atoms with Crippen molar-refractivity contribution in [3.8, 4) is 0 Å². The minimum absolute atomic E-state index is 0.0370. The molecule has 3 rings (SSSR count). The zero-order valence-electron chi connectivity index (χ0n) is 17.5. The van der Waals surface area contributed by atoms with E-state index in [1.165, 1.54) is 24.0 Å². The van der Waals surface area contributed by atoms with Crippen LogP contribution in [0.3, 0.4) is 0 Å². The van der Waals surface area contributed by atoms with Gasteiger partial charge in [0.1, 0.15) is 0 Å². The highest BCUT2D eigenvalue weighted by Gasteiger charge is 2.51. The summed E-state index contributed by atoms with van der Waals surface area (Å²) in [4.78, 5) is 31.1. The lowest BCUT2D eigenvalue weighted by Crippen LogP contribution is -2.32. The Labute approximate surface area is 182 Å². The molecule has 0 bridgehead atoms. The van der Waals surface area contributed by atoms with Crippen LogP contribution in [-0.2, 0) is 34.0 Å². The molecular formula is C24H29N2O5. The van der Waals surface area contributed by atoms with E-state index in [0.29, 0.717) is 19.3 Å². The summed E-state index contributed by atoms with van der Waals surface area (Å²) in [5.41, 5.74) is 8.00. The van der Waals surface area contributed by atoms with Gasteiger partial charge in [0.05, 0.1) is 11.8 Å². The van der Waals surface area contributed by atoms with Crippen molar-refractivity contribution in [1.82, 2.24) is 5.32 Å². The first kappa shape index (κ1) is 23.9. The second-order valence-corrected chi connectivity index (χ2v) is 7.88. The SMILES string of the molecule is NC(=O)Cc1ccc(CCCCc2ccccc2)cc1.[O]C(=O)C1(CNC(=O)O)CC1. The smallest absolute Gasteiger partial charge is 0.404 e. The first-order valence-corrected chi connectivity index (χ1v) is 10.4. The van der Waals surface area contributed by atoms with Gasteiger partial charge in [-0.1, -0.05) is 54.6 Å². The van der Waals surface area contributed by atoms with Crippen LogP contribution in [0.1, 0.15) is 42.4 Å². The summed E-state index contributed by atoms with van der Waals surface area (Å²) in [6.45, 7) is -0.0370. The molecule has 0 aliphatic heterocycles. The summed E-state index contributed by atoms with van der Waals surface area (Å²) < 4.78 is 0. The molecule has 1 fully saturated rings. The summed E-state index contributed by atoms with van der Waals surface area (Å²) in [5.74, 6) is -1.44. The fourth-order valence-corrected chi connectivity index (χ4v) is 3.18. The summed E-state index contributed by atoms with van der Waals surface area (Å²) in [7, 11) is 0. The molecule has 31 heavy (non-hydrogen) atoms. The molecule has 2 amide bonds. The topological polar surface area (TPSA) is 129 Å². The number of aryl methyl sites for hydroxylation is 2. The average molecular weight is 426 g/mol. The van der Waals surface area contributed by atoms with Crippen molar-refractivity contribution in [2.45, 2.75) is 44.9 Å². The number of nitrogens with one attached hydrogen (secondary N) is 1. The van der Waals surface area contributed by atoms with Gasteiger partial charge in [-0.15, -0.1) is 0 Å². The number of carbonyl (C=O) groups is 3. The second-order valence-electron chi connectivity index (χ2n) is 7.88. The first-order valence-electron chi connectivity index (χ1n) is 10.4. The third kappa shape index (κ3) is 8.90. The molecule has 0 aromatic heterocycles. The minimum Gasteiger partial charge on any atom is -0.465 e.